The summed E-state index contributed by atoms with van der Waals surface area (Å²) >= 11 is 0. The van der Waals surface area contributed by atoms with Crippen molar-refractivity contribution in [1.29, 1.82) is 0 Å². The molecule has 0 saturated heterocycles. The summed E-state index contributed by atoms with van der Waals surface area (Å²) < 4.78 is 40.2. The number of aryl methyl sites for hydroxylation is 1. The van der Waals surface area contributed by atoms with Crippen LogP contribution in [0.2, 0.25) is 0 Å². The number of aromatic nitrogens is 2. The second-order valence-electron chi connectivity index (χ2n) is 5.49. The standard InChI is InChI=1S/C13H20F3N3/c1-19-6-5-18-12(19)8-11(17)9-3-2-4-10(7-9)13(14,15)16/h5-6,9-11H,2-4,7-8,17H2,1H3. The van der Waals surface area contributed by atoms with Crippen LogP contribution >= 0.6 is 0 Å². The average Bonchev–Trinajstić information content (AvgIpc) is 2.74. The highest BCUT2D eigenvalue weighted by Crippen LogP contribution is 2.40. The highest BCUT2D eigenvalue weighted by molar-refractivity contribution is 4.96. The van der Waals surface area contributed by atoms with E-state index in [0.29, 0.717) is 12.8 Å². The Morgan fingerprint density at radius 1 is 1.47 bits per heavy atom. The third-order valence-corrected chi connectivity index (χ3v) is 4.12. The second kappa shape index (κ2) is 5.53. The van der Waals surface area contributed by atoms with Gasteiger partial charge in [0.2, 0.25) is 0 Å². The maximum absolute atomic E-state index is 12.8. The van der Waals surface area contributed by atoms with Gasteiger partial charge in [-0.25, -0.2) is 4.98 Å². The molecular formula is C13H20F3N3. The summed E-state index contributed by atoms with van der Waals surface area (Å²) in [6, 6.07) is -0.244. The first-order chi connectivity index (χ1) is 8.88. The van der Waals surface area contributed by atoms with E-state index in [1.165, 1.54) is 0 Å². The van der Waals surface area contributed by atoms with Gasteiger partial charge in [-0.15, -0.1) is 0 Å². The van der Waals surface area contributed by atoms with E-state index in [1.54, 1.807) is 6.20 Å². The maximum atomic E-state index is 12.8. The summed E-state index contributed by atoms with van der Waals surface area (Å²) in [5.41, 5.74) is 6.09. The minimum Gasteiger partial charge on any atom is -0.338 e. The van der Waals surface area contributed by atoms with Crippen LogP contribution in [-0.2, 0) is 13.5 Å². The zero-order valence-corrected chi connectivity index (χ0v) is 11.0. The van der Waals surface area contributed by atoms with Gasteiger partial charge in [-0.1, -0.05) is 6.42 Å². The molecule has 0 aromatic carbocycles. The minimum atomic E-state index is -4.08. The molecule has 3 atom stereocenters. The zero-order chi connectivity index (χ0) is 14.0. The molecule has 1 aliphatic rings. The van der Waals surface area contributed by atoms with Crippen molar-refractivity contribution in [2.24, 2.45) is 24.6 Å². The van der Waals surface area contributed by atoms with Gasteiger partial charge in [-0.05, 0) is 25.2 Å². The Morgan fingerprint density at radius 3 is 2.79 bits per heavy atom. The van der Waals surface area contributed by atoms with Crippen molar-refractivity contribution in [3.8, 4) is 0 Å². The van der Waals surface area contributed by atoms with Crippen molar-refractivity contribution < 1.29 is 13.2 Å². The predicted molar refractivity (Wildman–Crippen MR) is 66.4 cm³/mol. The number of imidazole rings is 1. The molecule has 0 radical (unpaired) electrons. The van der Waals surface area contributed by atoms with Gasteiger partial charge in [0, 0.05) is 31.9 Å². The number of halogens is 3. The molecule has 0 aliphatic heterocycles. The minimum absolute atomic E-state index is 0.0583. The first kappa shape index (κ1) is 14.4. The third kappa shape index (κ3) is 3.49. The van der Waals surface area contributed by atoms with Crippen LogP contribution in [0.1, 0.15) is 31.5 Å². The number of hydrogen-bond donors (Lipinski definition) is 1. The van der Waals surface area contributed by atoms with Crippen molar-refractivity contribution in [2.75, 3.05) is 0 Å². The quantitative estimate of drug-likeness (QED) is 0.921. The predicted octanol–water partition coefficient (Wildman–Crippen LogP) is 2.66. The lowest BCUT2D eigenvalue weighted by atomic mass is 9.77. The van der Waals surface area contributed by atoms with E-state index in [-0.39, 0.29) is 24.8 Å². The fourth-order valence-electron chi connectivity index (χ4n) is 2.88. The van der Waals surface area contributed by atoms with Gasteiger partial charge in [0.1, 0.15) is 5.82 Å². The van der Waals surface area contributed by atoms with Crippen LogP contribution in [0.4, 0.5) is 13.2 Å². The van der Waals surface area contributed by atoms with Crippen molar-refractivity contribution in [3.05, 3.63) is 18.2 Å². The summed E-state index contributed by atoms with van der Waals surface area (Å²) in [7, 11) is 1.87. The molecule has 1 aromatic heterocycles. The van der Waals surface area contributed by atoms with Crippen LogP contribution in [0.25, 0.3) is 0 Å². The van der Waals surface area contributed by atoms with Crippen molar-refractivity contribution in [1.82, 2.24) is 9.55 Å². The van der Waals surface area contributed by atoms with Crippen molar-refractivity contribution in [2.45, 2.75) is 44.3 Å². The Bertz CT molecular complexity index is 414. The molecular weight excluding hydrogens is 255 g/mol. The van der Waals surface area contributed by atoms with Gasteiger partial charge >= 0.3 is 6.18 Å². The molecule has 1 aromatic rings. The van der Waals surface area contributed by atoms with Crippen LogP contribution in [-0.4, -0.2) is 21.8 Å². The Kier molecular flexibility index (Phi) is 4.18. The highest BCUT2D eigenvalue weighted by atomic mass is 19.4. The number of alkyl halides is 3. The van der Waals surface area contributed by atoms with Gasteiger partial charge in [-0.3, -0.25) is 0 Å². The van der Waals surface area contributed by atoms with Gasteiger partial charge in [-0.2, -0.15) is 13.2 Å². The number of rotatable bonds is 3. The van der Waals surface area contributed by atoms with Crippen LogP contribution in [0.5, 0.6) is 0 Å². The van der Waals surface area contributed by atoms with E-state index in [9.17, 15) is 13.2 Å². The van der Waals surface area contributed by atoms with E-state index < -0.39 is 12.1 Å². The number of nitrogens with two attached hydrogens (primary N) is 1. The first-order valence-electron chi connectivity index (χ1n) is 6.66. The lowest BCUT2D eigenvalue weighted by Gasteiger charge is -2.33. The highest BCUT2D eigenvalue weighted by Gasteiger charge is 2.43. The fourth-order valence-corrected chi connectivity index (χ4v) is 2.88. The zero-order valence-electron chi connectivity index (χ0n) is 11.0. The molecule has 1 saturated carbocycles. The fraction of sp³-hybridized carbons (Fsp3) is 0.769. The molecule has 108 valence electrons. The topological polar surface area (TPSA) is 43.8 Å². The molecule has 2 rings (SSSR count). The molecule has 3 unspecified atom stereocenters. The molecule has 0 spiro atoms. The molecule has 1 aliphatic carbocycles. The molecule has 1 fully saturated rings. The lowest BCUT2D eigenvalue weighted by molar-refractivity contribution is -0.186. The third-order valence-electron chi connectivity index (χ3n) is 4.12. The van der Waals surface area contributed by atoms with Gasteiger partial charge in [0.05, 0.1) is 5.92 Å². The summed E-state index contributed by atoms with van der Waals surface area (Å²) in [6.07, 6.45) is 1.77. The summed E-state index contributed by atoms with van der Waals surface area (Å²) in [6.45, 7) is 0. The largest absolute Gasteiger partial charge is 0.391 e. The van der Waals surface area contributed by atoms with Crippen LogP contribution < -0.4 is 5.73 Å². The Hall–Kier alpha value is -1.04. The van der Waals surface area contributed by atoms with E-state index >= 15 is 0 Å². The number of nitrogens with zero attached hydrogens (tertiary/aromatic N) is 2. The molecule has 2 N–H and O–H groups in total. The molecule has 6 heteroatoms. The molecule has 1 heterocycles. The molecule has 19 heavy (non-hydrogen) atoms. The Labute approximate surface area is 111 Å². The van der Waals surface area contributed by atoms with Gasteiger partial charge < -0.3 is 10.3 Å². The first-order valence-corrected chi connectivity index (χ1v) is 6.66. The summed E-state index contributed by atoms with van der Waals surface area (Å²) in [5, 5.41) is 0. The van der Waals surface area contributed by atoms with Gasteiger partial charge in [0.15, 0.2) is 0 Å². The SMILES string of the molecule is Cn1ccnc1CC(N)C1CCCC(C(F)(F)F)C1. The summed E-state index contributed by atoms with van der Waals surface area (Å²) in [4.78, 5) is 4.18. The normalized spacial score (nSPS) is 26.4. The molecule has 0 amide bonds. The van der Waals surface area contributed by atoms with Crippen LogP contribution in [0, 0.1) is 11.8 Å². The van der Waals surface area contributed by atoms with Crippen LogP contribution in [0.3, 0.4) is 0 Å². The Balaban J connectivity index is 1.96. The molecule has 0 bridgehead atoms. The molecule has 3 nitrogen and oxygen atoms in total. The van der Waals surface area contributed by atoms with E-state index in [2.05, 4.69) is 4.98 Å². The monoisotopic (exact) mass is 275 g/mol. The van der Waals surface area contributed by atoms with Crippen molar-refractivity contribution in [3.63, 3.8) is 0 Å². The maximum Gasteiger partial charge on any atom is 0.391 e. The van der Waals surface area contributed by atoms with E-state index in [0.717, 1.165) is 12.2 Å². The van der Waals surface area contributed by atoms with E-state index in [4.69, 9.17) is 5.73 Å². The summed E-state index contributed by atoms with van der Waals surface area (Å²) in [5.74, 6) is -0.405. The average molecular weight is 275 g/mol. The van der Waals surface area contributed by atoms with E-state index in [1.807, 2.05) is 17.8 Å². The second-order valence-corrected chi connectivity index (χ2v) is 5.49. The van der Waals surface area contributed by atoms with Crippen LogP contribution in [0.15, 0.2) is 12.4 Å². The lowest BCUT2D eigenvalue weighted by Crippen LogP contribution is -2.39. The van der Waals surface area contributed by atoms with Gasteiger partial charge in [0.25, 0.3) is 0 Å². The Morgan fingerprint density at radius 2 is 2.21 bits per heavy atom. The smallest absolute Gasteiger partial charge is 0.338 e. The number of hydrogen-bond acceptors (Lipinski definition) is 2. The van der Waals surface area contributed by atoms with Crippen molar-refractivity contribution >= 4 is 0 Å².